The molecule has 45 heavy (non-hydrogen) atoms. The second kappa shape index (κ2) is 12.4. The summed E-state index contributed by atoms with van der Waals surface area (Å²) in [6.45, 7) is 2.16. The van der Waals surface area contributed by atoms with Gasteiger partial charge in [-0.3, -0.25) is 9.59 Å². The Labute approximate surface area is 264 Å². The van der Waals surface area contributed by atoms with E-state index in [0.717, 1.165) is 34.2 Å². The molecule has 0 radical (unpaired) electrons. The molecule has 4 aliphatic rings. The van der Waals surface area contributed by atoms with E-state index in [9.17, 15) is 9.59 Å². The zero-order valence-electron chi connectivity index (χ0n) is 25.6. The fraction of sp³-hybridized carbons (Fsp3) is 0.342. The topological polar surface area (TPSA) is 89.0 Å². The van der Waals surface area contributed by atoms with Gasteiger partial charge in [-0.05, 0) is 133 Å². The molecule has 2 amide bonds. The normalized spacial score (nSPS) is 23.3. The van der Waals surface area contributed by atoms with Crippen molar-refractivity contribution >= 4 is 34.5 Å². The first-order valence-electron chi connectivity index (χ1n) is 16.1. The van der Waals surface area contributed by atoms with Gasteiger partial charge in [0.1, 0.15) is 0 Å². The molecule has 4 aromatic rings. The highest BCUT2D eigenvalue weighted by Gasteiger charge is 2.51. The maximum Gasteiger partial charge on any atom is 0.271 e. The van der Waals surface area contributed by atoms with Crippen molar-refractivity contribution in [3.63, 3.8) is 0 Å². The highest BCUT2D eigenvalue weighted by molar-refractivity contribution is 5.99. The molecule has 2 N–H and O–H groups in total. The fourth-order valence-electron chi connectivity index (χ4n) is 8.26. The number of nitrogens with one attached hydrogen (secondary N) is 2. The zero-order valence-corrected chi connectivity index (χ0v) is 25.6. The molecule has 0 unspecified atom stereocenters. The van der Waals surface area contributed by atoms with E-state index in [1.165, 1.54) is 44.1 Å². The Kier molecular flexibility index (Phi) is 8.01. The quantitative estimate of drug-likeness (QED) is 0.146. The predicted molar refractivity (Wildman–Crippen MR) is 177 cm³/mol. The maximum absolute atomic E-state index is 12.8. The van der Waals surface area contributed by atoms with Crippen LogP contribution >= 0.6 is 0 Å². The molecule has 230 valence electrons. The number of hydrogen-bond donors (Lipinski definition) is 2. The minimum Gasteiger partial charge on any atom is -0.490 e. The number of fused-ring (bicyclic) bond motifs is 1. The lowest BCUT2D eigenvalue weighted by Gasteiger charge is -2.57. The number of nitrogens with zero attached hydrogens (tertiary/aromatic N) is 1. The van der Waals surface area contributed by atoms with Gasteiger partial charge < -0.3 is 14.8 Å². The first kappa shape index (κ1) is 29.1. The summed E-state index contributed by atoms with van der Waals surface area (Å²) in [6.07, 6.45) is 9.81. The summed E-state index contributed by atoms with van der Waals surface area (Å²) >= 11 is 0. The lowest BCUT2D eigenvalue weighted by molar-refractivity contribution is -0.118. The van der Waals surface area contributed by atoms with Gasteiger partial charge in [0.05, 0.1) is 12.8 Å². The second-order valence-electron chi connectivity index (χ2n) is 13.0. The molecule has 0 heterocycles. The molecule has 4 aliphatic carbocycles. The number of rotatable bonds is 10. The van der Waals surface area contributed by atoms with Crippen LogP contribution in [0, 0.1) is 17.8 Å². The Morgan fingerprint density at radius 2 is 1.53 bits per heavy atom. The Balaban J connectivity index is 0.936. The molecule has 4 saturated carbocycles. The van der Waals surface area contributed by atoms with Crippen molar-refractivity contribution < 1.29 is 19.1 Å². The molecule has 4 bridgehead atoms. The summed E-state index contributed by atoms with van der Waals surface area (Å²) in [6, 6.07) is 27.2. The largest absolute Gasteiger partial charge is 0.490 e. The van der Waals surface area contributed by atoms with Crippen LogP contribution < -0.4 is 20.2 Å². The Morgan fingerprint density at radius 1 is 0.822 bits per heavy atom. The van der Waals surface area contributed by atoms with Gasteiger partial charge in [0.15, 0.2) is 18.1 Å². The Bertz CT molecular complexity index is 1710. The fourth-order valence-corrected chi connectivity index (χ4v) is 8.26. The highest BCUT2D eigenvalue weighted by Crippen LogP contribution is 2.60. The zero-order chi connectivity index (χ0) is 30.8. The van der Waals surface area contributed by atoms with Gasteiger partial charge in [0.2, 0.25) is 0 Å². The third kappa shape index (κ3) is 6.30. The maximum atomic E-state index is 12.8. The number of benzene rings is 4. The molecule has 0 saturated heterocycles. The first-order valence-corrected chi connectivity index (χ1v) is 16.1. The van der Waals surface area contributed by atoms with E-state index >= 15 is 0 Å². The van der Waals surface area contributed by atoms with E-state index in [0.29, 0.717) is 34.6 Å². The average molecular weight is 602 g/mol. The number of carbonyl (C=O) groups is 2. The van der Waals surface area contributed by atoms with Crippen LogP contribution in [0.1, 0.15) is 66.9 Å². The lowest BCUT2D eigenvalue weighted by Crippen LogP contribution is -2.48. The van der Waals surface area contributed by atoms with Gasteiger partial charge in [0, 0.05) is 11.3 Å². The minimum absolute atomic E-state index is 0.147. The number of hydrazone groups is 1. The molecule has 7 heteroatoms. The summed E-state index contributed by atoms with van der Waals surface area (Å²) in [5, 5.41) is 9.16. The monoisotopic (exact) mass is 601 g/mol. The van der Waals surface area contributed by atoms with E-state index in [1.54, 1.807) is 30.5 Å². The van der Waals surface area contributed by atoms with Crippen LogP contribution in [-0.4, -0.2) is 31.2 Å². The minimum atomic E-state index is -0.296. The number of amides is 2. The smallest absolute Gasteiger partial charge is 0.271 e. The standard InChI is InChI=1S/C38H39N3O4/c1-2-44-35-18-25(23-39-41-37(43)31-9-8-29-5-3-4-6-30(29)19-31)7-14-34(35)45-24-36(42)40-33-12-10-32(11-13-33)38-20-26-15-27(21-38)17-28(16-26)22-38/h3-14,18-19,23,26-28H,2,15-17,20-22,24H2,1H3,(H,40,42)(H,41,43)/b39-23-. The van der Waals surface area contributed by atoms with Gasteiger partial charge >= 0.3 is 0 Å². The van der Waals surface area contributed by atoms with Crippen LogP contribution in [0.2, 0.25) is 0 Å². The number of carbonyl (C=O) groups excluding carboxylic acids is 2. The lowest BCUT2D eigenvalue weighted by atomic mass is 9.48. The summed E-state index contributed by atoms with van der Waals surface area (Å²) in [5.74, 6) is 3.13. The predicted octanol–water partition coefficient (Wildman–Crippen LogP) is 7.49. The van der Waals surface area contributed by atoms with Gasteiger partial charge in [0.25, 0.3) is 11.8 Å². The van der Waals surface area contributed by atoms with Crippen LogP contribution in [0.4, 0.5) is 5.69 Å². The first-order chi connectivity index (χ1) is 22.0. The molecule has 4 fully saturated rings. The van der Waals surface area contributed by atoms with Crippen molar-refractivity contribution in [2.75, 3.05) is 18.5 Å². The van der Waals surface area contributed by atoms with E-state index in [-0.39, 0.29) is 18.4 Å². The Hall–Kier alpha value is -4.65. The molecular weight excluding hydrogens is 562 g/mol. The number of anilines is 1. The Morgan fingerprint density at radius 3 is 2.24 bits per heavy atom. The molecule has 7 nitrogen and oxygen atoms in total. The van der Waals surface area contributed by atoms with Gasteiger partial charge in [-0.2, -0.15) is 5.10 Å². The van der Waals surface area contributed by atoms with Gasteiger partial charge in [-0.25, -0.2) is 5.43 Å². The van der Waals surface area contributed by atoms with E-state index < -0.39 is 0 Å². The van der Waals surface area contributed by atoms with Crippen LogP contribution in [-0.2, 0) is 10.2 Å². The summed E-state index contributed by atoms with van der Waals surface area (Å²) in [5.41, 5.74) is 6.39. The highest BCUT2D eigenvalue weighted by atomic mass is 16.5. The number of hydrogen-bond acceptors (Lipinski definition) is 5. The third-order valence-corrected chi connectivity index (χ3v) is 9.84. The molecule has 0 atom stereocenters. The molecular formula is C38H39N3O4. The van der Waals surface area contributed by atoms with Crippen LogP contribution in [0.15, 0.2) is 90.0 Å². The van der Waals surface area contributed by atoms with Crippen molar-refractivity contribution in [2.24, 2.45) is 22.9 Å². The summed E-state index contributed by atoms with van der Waals surface area (Å²) < 4.78 is 11.6. The number of ether oxygens (including phenoxy) is 2. The average Bonchev–Trinajstić information content (AvgIpc) is 3.04. The second-order valence-corrected chi connectivity index (χ2v) is 13.0. The van der Waals surface area contributed by atoms with Gasteiger partial charge in [-0.15, -0.1) is 0 Å². The third-order valence-electron chi connectivity index (χ3n) is 9.84. The van der Waals surface area contributed by atoms with E-state index in [4.69, 9.17) is 9.47 Å². The molecule has 0 aromatic heterocycles. The van der Waals surface area contributed by atoms with Crippen molar-refractivity contribution in [3.8, 4) is 11.5 Å². The van der Waals surface area contributed by atoms with Gasteiger partial charge in [-0.1, -0.05) is 42.5 Å². The molecule has 8 rings (SSSR count). The van der Waals surface area contributed by atoms with Crippen molar-refractivity contribution in [3.05, 3.63) is 102 Å². The van der Waals surface area contributed by atoms with E-state index in [2.05, 4.69) is 28.0 Å². The van der Waals surface area contributed by atoms with Crippen LogP contribution in [0.3, 0.4) is 0 Å². The molecule has 0 aliphatic heterocycles. The van der Waals surface area contributed by atoms with Crippen LogP contribution in [0.25, 0.3) is 10.8 Å². The van der Waals surface area contributed by atoms with Crippen LogP contribution in [0.5, 0.6) is 11.5 Å². The van der Waals surface area contributed by atoms with Crippen molar-refractivity contribution in [1.82, 2.24) is 5.43 Å². The van der Waals surface area contributed by atoms with Crippen molar-refractivity contribution in [2.45, 2.75) is 50.9 Å². The summed E-state index contributed by atoms with van der Waals surface area (Å²) in [7, 11) is 0. The SMILES string of the molecule is CCOc1cc(/C=N\NC(=O)c2ccc3ccccc3c2)ccc1OCC(=O)Nc1ccc(C23CC4CC(CC(C4)C2)C3)cc1. The molecule has 0 spiro atoms. The summed E-state index contributed by atoms with van der Waals surface area (Å²) in [4.78, 5) is 25.4. The van der Waals surface area contributed by atoms with E-state index in [1.807, 2.05) is 55.5 Å². The molecule has 4 aromatic carbocycles. The van der Waals surface area contributed by atoms with Crippen molar-refractivity contribution in [1.29, 1.82) is 0 Å².